The van der Waals surface area contributed by atoms with Crippen molar-refractivity contribution in [1.29, 1.82) is 0 Å². The number of hydrogen-bond acceptors (Lipinski definition) is 5. The Morgan fingerprint density at radius 1 is 1.17 bits per heavy atom. The SMILES string of the molecule is CC(N)C1CCCCN1C(=O)CSCC(=O)N1CCOCC1.Cl. The number of morpholine rings is 1. The molecule has 0 aromatic heterocycles. The van der Waals surface area contributed by atoms with Gasteiger partial charge in [0.1, 0.15) is 0 Å². The molecular weight excluding hydrogens is 338 g/mol. The molecule has 2 N–H and O–H groups in total. The number of thioether (sulfide) groups is 1. The average molecular weight is 366 g/mol. The van der Waals surface area contributed by atoms with Gasteiger partial charge in [0, 0.05) is 31.7 Å². The maximum Gasteiger partial charge on any atom is 0.232 e. The lowest BCUT2D eigenvalue weighted by atomic mass is 9.97. The van der Waals surface area contributed by atoms with E-state index in [0.29, 0.717) is 37.8 Å². The lowest BCUT2D eigenvalue weighted by Crippen LogP contribution is -2.52. The molecule has 2 heterocycles. The third kappa shape index (κ3) is 6.14. The van der Waals surface area contributed by atoms with E-state index in [2.05, 4.69) is 0 Å². The van der Waals surface area contributed by atoms with Gasteiger partial charge in [-0.05, 0) is 26.2 Å². The maximum absolute atomic E-state index is 12.4. The van der Waals surface area contributed by atoms with Crippen molar-refractivity contribution < 1.29 is 14.3 Å². The number of nitrogens with two attached hydrogens (primary N) is 1. The van der Waals surface area contributed by atoms with Gasteiger partial charge in [0.2, 0.25) is 11.8 Å². The Balaban J connectivity index is 0.00000264. The molecule has 2 aliphatic heterocycles. The summed E-state index contributed by atoms with van der Waals surface area (Å²) in [5, 5.41) is 0. The van der Waals surface area contributed by atoms with Crippen LogP contribution in [-0.2, 0) is 14.3 Å². The molecule has 6 nitrogen and oxygen atoms in total. The number of piperidine rings is 1. The largest absolute Gasteiger partial charge is 0.378 e. The molecule has 0 spiro atoms. The number of hydrogen-bond donors (Lipinski definition) is 1. The molecule has 2 amide bonds. The summed E-state index contributed by atoms with van der Waals surface area (Å²) >= 11 is 1.41. The zero-order valence-corrected chi connectivity index (χ0v) is 15.4. The molecule has 0 aromatic carbocycles. The first-order valence-corrected chi connectivity index (χ1v) is 9.23. The van der Waals surface area contributed by atoms with Crippen LogP contribution in [0.3, 0.4) is 0 Å². The highest BCUT2D eigenvalue weighted by atomic mass is 35.5. The van der Waals surface area contributed by atoms with Crippen LogP contribution in [0.5, 0.6) is 0 Å². The first-order valence-electron chi connectivity index (χ1n) is 8.08. The zero-order chi connectivity index (χ0) is 15.9. The van der Waals surface area contributed by atoms with Crippen LogP contribution in [0.25, 0.3) is 0 Å². The van der Waals surface area contributed by atoms with Gasteiger partial charge in [0.25, 0.3) is 0 Å². The highest BCUT2D eigenvalue weighted by Crippen LogP contribution is 2.20. The van der Waals surface area contributed by atoms with Crippen LogP contribution in [0.4, 0.5) is 0 Å². The molecule has 0 aliphatic carbocycles. The van der Waals surface area contributed by atoms with Gasteiger partial charge in [-0.3, -0.25) is 9.59 Å². The fourth-order valence-corrected chi connectivity index (χ4v) is 3.83. The molecule has 0 bridgehead atoms. The van der Waals surface area contributed by atoms with Gasteiger partial charge in [0.05, 0.1) is 24.7 Å². The molecule has 2 aliphatic rings. The molecule has 2 atom stereocenters. The fraction of sp³-hybridized carbons (Fsp3) is 0.867. The molecule has 134 valence electrons. The minimum atomic E-state index is 0. The van der Waals surface area contributed by atoms with Crippen LogP contribution in [-0.4, -0.2) is 78.1 Å². The van der Waals surface area contributed by atoms with Crippen LogP contribution in [0.1, 0.15) is 26.2 Å². The number of halogens is 1. The second-order valence-electron chi connectivity index (χ2n) is 6.00. The molecule has 2 fully saturated rings. The number of ether oxygens (including phenoxy) is 1. The zero-order valence-electron chi connectivity index (χ0n) is 13.7. The summed E-state index contributed by atoms with van der Waals surface area (Å²) in [6.45, 7) is 5.30. The van der Waals surface area contributed by atoms with Crippen LogP contribution in [0.15, 0.2) is 0 Å². The van der Waals surface area contributed by atoms with Crippen molar-refractivity contribution in [2.45, 2.75) is 38.3 Å². The maximum atomic E-state index is 12.4. The van der Waals surface area contributed by atoms with Crippen molar-refractivity contribution in [2.75, 3.05) is 44.4 Å². The summed E-state index contributed by atoms with van der Waals surface area (Å²) in [4.78, 5) is 28.1. The van der Waals surface area contributed by atoms with Crippen molar-refractivity contribution in [1.82, 2.24) is 9.80 Å². The molecule has 2 rings (SSSR count). The molecule has 0 aromatic rings. The van der Waals surface area contributed by atoms with Crippen molar-refractivity contribution in [3.8, 4) is 0 Å². The lowest BCUT2D eigenvalue weighted by molar-refractivity contribution is -0.132. The van der Waals surface area contributed by atoms with E-state index in [1.54, 1.807) is 0 Å². The number of carbonyl (C=O) groups is 2. The summed E-state index contributed by atoms with van der Waals surface area (Å²) in [7, 11) is 0. The van der Waals surface area contributed by atoms with Crippen molar-refractivity contribution in [3.63, 3.8) is 0 Å². The van der Waals surface area contributed by atoms with Gasteiger partial charge in [0.15, 0.2) is 0 Å². The highest BCUT2D eigenvalue weighted by Gasteiger charge is 2.29. The molecule has 8 heteroatoms. The van der Waals surface area contributed by atoms with Crippen LogP contribution >= 0.6 is 24.2 Å². The van der Waals surface area contributed by atoms with E-state index < -0.39 is 0 Å². The molecular formula is C15H28ClN3O3S. The Morgan fingerprint density at radius 3 is 2.48 bits per heavy atom. The summed E-state index contributed by atoms with van der Waals surface area (Å²) in [6.07, 6.45) is 3.17. The normalized spacial score (nSPS) is 23.1. The third-order valence-corrected chi connectivity index (χ3v) is 5.19. The highest BCUT2D eigenvalue weighted by molar-refractivity contribution is 8.00. The lowest BCUT2D eigenvalue weighted by Gasteiger charge is -2.38. The Labute approximate surface area is 148 Å². The molecule has 2 saturated heterocycles. The third-order valence-electron chi connectivity index (χ3n) is 4.29. The second-order valence-corrected chi connectivity index (χ2v) is 6.98. The van der Waals surface area contributed by atoms with Gasteiger partial charge >= 0.3 is 0 Å². The molecule has 2 unspecified atom stereocenters. The van der Waals surface area contributed by atoms with Crippen LogP contribution < -0.4 is 5.73 Å². The van der Waals surface area contributed by atoms with E-state index in [1.807, 2.05) is 16.7 Å². The van der Waals surface area contributed by atoms with Gasteiger partial charge in [-0.25, -0.2) is 0 Å². The van der Waals surface area contributed by atoms with Gasteiger partial charge in [-0.15, -0.1) is 24.2 Å². The van der Waals surface area contributed by atoms with Crippen molar-refractivity contribution >= 4 is 36.0 Å². The summed E-state index contributed by atoms with van der Waals surface area (Å²) < 4.78 is 5.23. The van der Waals surface area contributed by atoms with E-state index in [9.17, 15) is 9.59 Å². The molecule has 23 heavy (non-hydrogen) atoms. The minimum Gasteiger partial charge on any atom is -0.378 e. The second kappa shape index (κ2) is 10.4. The quantitative estimate of drug-likeness (QED) is 0.777. The average Bonchev–Trinajstić information content (AvgIpc) is 2.55. The molecule has 0 saturated carbocycles. The predicted octanol–water partition coefficient (Wildman–Crippen LogP) is 0.729. The summed E-state index contributed by atoms with van der Waals surface area (Å²) in [5.41, 5.74) is 6.00. The Morgan fingerprint density at radius 2 is 1.83 bits per heavy atom. The van der Waals surface area contributed by atoms with Crippen LogP contribution in [0, 0.1) is 0 Å². The fourth-order valence-electron chi connectivity index (χ4n) is 3.03. The number of nitrogens with zero attached hydrogens (tertiary/aromatic N) is 2. The minimum absolute atomic E-state index is 0. The molecule has 0 radical (unpaired) electrons. The predicted molar refractivity (Wildman–Crippen MR) is 95.0 cm³/mol. The van der Waals surface area contributed by atoms with E-state index in [0.717, 1.165) is 25.8 Å². The van der Waals surface area contributed by atoms with E-state index >= 15 is 0 Å². The number of amides is 2. The van der Waals surface area contributed by atoms with Crippen molar-refractivity contribution in [2.24, 2.45) is 5.73 Å². The van der Waals surface area contributed by atoms with E-state index in [-0.39, 0.29) is 36.3 Å². The monoisotopic (exact) mass is 365 g/mol. The number of likely N-dealkylation sites (tertiary alicyclic amines) is 1. The Kier molecular flexibility index (Phi) is 9.27. The summed E-state index contributed by atoms with van der Waals surface area (Å²) in [6, 6.07) is 0.154. The van der Waals surface area contributed by atoms with Gasteiger partial charge in [-0.2, -0.15) is 0 Å². The topological polar surface area (TPSA) is 75.9 Å². The first-order chi connectivity index (χ1) is 10.6. The Bertz CT molecular complexity index is 392. The van der Waals surface area contributed by atoms with Gasteiger partial charge in [-0.1, -0.05) is 0 Å². The first kappa shape index (κ1) is 20.5. The van der Waals surface area contributed by atoms with Crippen molar-refractivity contribution in [3.05, 3.63) is 0 Å². The Hall–Kier alpha value is -0.500. The smallest absolute Gasteiger partial charge is 0.232 e. The standard InChI is InChI=1S/C15H27N3O3S.ClH/c1-12(16)13-4-2-3-5-18(13)15(20)11-22-10-14(19)17-6-8-21-9-7-17;/h12-13H,2-11,16H2,1H3;1H. The van der Waals surface area contributed by atoms with E-state index in [4.69, 9.17) is 10.5 Å². The number of carbonyl (C=O) groups excluding carboxylic acids is 2. The summed E-state index contributed by atoms with van der Waals surface area (Å²) in [5.74, 6) is 0.937. The van der Waals surface area contributed by atoms with Crippen LogP contribution in [0.2, 0.25) is 0 Å². The number of rotatable bonds is 5. The van der Waals surface area contributed by atoms with Gasteiger partial charge < -0.3 is 20.3 Å². The van der Waals surface area contributed by atoms with E-state index in [1.165, 1.54) is 11.8 Å².